The first-order chi connectivity index (χ1) is 18.2. The molecule has 1 saturated heterocycles. The Hall–Kier alpha value is -3.63. The van der Waals surface area contributed by atoms with E-state index in [1.54, 1.807) is 16.9 Å². The van der Waals surface area contributed by atoms with Gasteiger partial charge in [-0.15, -0.1) is 5.10 Å². The molecule has 3 aromatic heterocycles. The van der Waals surface area contributed by atoms with Gasteiger partial charge in [0.1, 0.15) is 5.82 Å². The van der Waals surface area contributed by atoms with Crippen LogP contribution in [-0.2, 0) is 21.6 Å². The molecule has 10 heteroatoms. The summed E-state index contributed by atoms with van der Waals surface area (Å²) in [6.07, 6.45) is 4.45. The van der Waals surface area contributed by atoms with Crippen LogP contribution >= 0.6 is 0 Å². The first-order valence-electron chi connectivity index (χ1n) is 12.6. The molecule has 0 N–H and O–H groups in total. The Kier molecular flexibility index (Phi) is 6.03. The van der Waals surface area contributed by atoms with Crippen LogP contribution in [0.1, 0.15) is 30.1 Å². The molecule has 0 saturated carbocycles. The Balaban J connectivity index is 1.74. The van der Waals surface area contributed by atoms with Gasteiger partial charge < -0.3 is 9.30 Å². The number of halogens is 1. The third kappa shape index (κ3) is 4.08. The summed E-state index contributed by atoms with van der Waals surface area (Å²) in [6.45, 7) is 3.16. The lowest BCUT2D eigenvalue weighted by Gasteiger charge is -2.33. The van der Waals surface area contributed by atoms with Crippen LogP contribution in [0.2, 0.25) is 0 Å². The maximum absolute atomic E-state index is 15.8. The largest absolute Gasteiger partial charge is 0.381 e. The summed E-state index contributed by atoms with van der Waals surface area (Å²) in [5, 5.41) is 8.63. The van der Waals surface area contributed by atoms with E-state index in [1.165, 1.54) is 0 Å². The highest BCUT2D eigenvalue weighted by Crippen LogP contribution is 2.42. The number of aryl methyl sites for hydroxylation is 2. The average Bonchev–Trinajstić information content (AvgIpc) is 3.41. The van der Waals surface area contributed by atoms with Gasteiger partial charge in [0, 0.05) is 38.3 Å². The lowest BCUT2D eigenvalue weighted by atomic mass is 9.86. The fourth-order valence-corrected chi connectivity index (χ4v) is 6.41. The standard InChI is InChI=1S/C28H28FN5O3S/c1-17-27(33(2)32-31-17)20-13-24-26(30-16-20)25-22(29)14-21(38(3,35)36)15-23(25)34(24)28(18-7-5-4-6-8-18)19-9-11-37-12-10-19/h4-8,13-16,19,28H,9-12H2,1-3H3/t28-/m1/s1. The molecule has 1 atom stereocenters. The quantitative estimate of drug-likeness (QED) is 0.321. The Morgan fingerprint density at radius 3 is 2.47 bits per heavy atom. The van der Waals surface area contributed by atoms with Gasteiger partial charge in [0.05, 0.1) is 44.3 Å². The van der Waals surface area contributed by atoms with Gasteiger partial charge in [0.25, 0.3) is 0 Å². The van der Waals surface area contributed by atoms with Crippen LogP contribution < -0.4 is 0 Å². The highest BCUT2D eigenvalue weighted by molar-refractivity contribution is 7.90. The van der Waals surface area contributed by atoms with Gasteiger partial charge in [-0.1, -0.05) is 35.5 Å². The maximum atomic E-state index is 15.8. The van der Waals surface area contributed by atoms with E-state index >= 15 is 4.39 Å². The molecule has 196 valence electrons. The molecular weight excluding hydrogens is 505 g/mol. The summed E-state index contributed by atoms with van der Waals surface area (Å²) >= 11 is 0. The van der Waals surface area contributed by atoms with E-state index in [4.69, 9.17) is 9.72 Å². The summed E-state index contributed by atoms with van der Waals surface area (Å²) in [7, 11) is -1.83. The number of sulfone groups is 1. The van der Waals surface area contributed by atoms with Crippen molar-refractivity contribution in [1.29, 1.82) is 0 Å². The molecule has 2 aromatic carbocycles. The normalized spacial score (nSPS) is 15.9. The van der Waals surface area contributed by atoms with E-state index < -0.39 is 15.7 Å². The van der Waals surface area contributed by atoms with Crippen LogP contribution in [0.3, 0.4) is 0 Å². The topological polar surface area (TPSA) is 91.9 Å². The molecule has 0 spiro atoms. The summed E-state index contributed by atoms with van der Waals surface area (Å²) < 4.78 is 50.3. The fourth-order valence-electron chi connectivity index (χ4n) is 5.76. The van der Waals surface area contributed by atoms with Crippen molar-refractivity contribution in [1.82, 2.24) is 24.5 Å². The van der Waals surface area contributed by atoms with Crippen molar-refractivity contribution in [2.24, 2.45) is 13.0 Å². The molecule has 0 bridgehead atoms. The first kappa shape index (κ1) is 24.7. The number of hydrogen-bond donors (Lipinski definition) is 0. The van der Waals surface area contributed by atoms with Gasteiger partial charge in [-0.25, -0.2) is 17.5 Å². The summed E-state index contributed by atoms with van der Waals surface area (Å²) in [5.74, 6) is -0.414. The summed E-state index contributed by atoms with van der Waals surface area (Å²) in [6, 6.07) is 14.6. The Bertz CT molecular complexity index is 1750. The number of fused-ring (bicyclic) bond motifs is 3. The second-order valence-electron chi connectivity index (χ2n) is 9.99. The van der Waals surface area contributed by atoms with Gasteiger partial charge >= 0.3 is 0 Å². The third-order valence-electron chi connectivity index (χ3n) is 7.49. The third-order valence-corrected chi connectivity index (χ3v) is 8.59. The van der Waals surface area contributed by atoms with Gasteiger partial charge in [0.2, 0.25) is 0 Å². The number of benzene rings is 2. The molecule has 0 radical (unpaired) electrons. The van der Waals surface area contributed by atoms with E-state index in [1.807, 2.05) is 38.2 Å². The first-order valence-corrected chi connectivity index (χ1v) is 14.5. The van der Waals surface area contributed by atoms with E-state index in [0.29, 0.717) is 29.6 Å². The minimum atomic E-state index is -3.65. The lowest BCUT2D eigenvalue weighted by molar-refractivity contribution is 0.0552. The van der Waals surface area contributed by atoms with Crippen LogP contribution in [0.15, 0.2) is 59.6 Å². The molecule has 1 aliphatic rings. The molecule has 38 heavy (non-hydrogen) atoms. The van der Waals surface area contributed by atoms with E-state index in [-0.39, 0.29) is 16.9 Å². The summed E-state index contributed by atoms with van der Waals surface area (Å²) in [5.41, 5.74) is 5.15. The predicted octanol–water partition coefficient (Wildman–Crippen LogP) is 4.85. The Labute approximate surface area is 220 Å². The fraction of sp³-hybridized carbons (Fsp3) is 0.321. The Morgan fingerprint density at radius 2 is 1.82 bits per heavy atom. The van der Waals surface area contributed by atoms with E-state index in [0.717, 1.165) is 53.2 Å². The van der Waals surface area contributed by atoms with Crippen LogP contribution in [-0.4, -0.2) is 52.4 Å². The minimum absolute atomic E-state index is 0.0581. The van der Waals surface area contributed by atoms with Gasteiger partial charge in [0.15, 0.2) is 9.84 Å². The molecule has 5 aromatic rings. The van der Waals surface area contributed by atoms with Crippen LogP contribution in [0.5, 0.6) is 0 Å². The smallest absolute Gasteiger partial charge is 0.175 e. The van der Waals surface area contributed by atoms with Gasteiger partial charge in [-0.3, -0.25) is 4.98 Å². The Morgan fingerprint density at radius 1 is 1.08 bits per heavy atom. The second kappa shape index (κ2) is 9.28. The number of pyridine rings is 1. The van der Waals surface area contributed by atoms with Crippen LogP contribution in [0.25, 0.3) is 33.2 Å². The lowest BCUT2D eigenvalue weighted by Crippen LogP contribution is -2.27. The molecule has 0 aliphatic carbocycles. The van der Waals surface area contributed by atoms with Crippen LogP contribution in [0, 0.1) is 18.7 Å². The number of hydrogen-bond acceptors (Lipinski definition) is 6. The van der Waals surface area contributed by atoms with Crippen molar-refractivity contribution in [3.05, 3.63) is 71.8 Å². The van der Waals surface area contributed by atoms with Gasteiger partial charge in [-0.05, 0) is 49.4 Å². The zero-order valence-electron chi connectivity index (χ0n) is 21.4. The number of aromatic nitrogens is 5. The highest BCUT2D eigenvalue weighted by atomic mass is 32.2. The minimum Gasteiger partial charge on any atom is -0.381 e. The number of ether oxygens (including phenoxy) is 1. The molecule has 0 amide bonds. The number of nitrogens with zero attached hydrogens (tertiary/aromatic N) is 5. The molecule has 8 nitrogen and oxygen atoms in total. The van der Waals surface area contributed by atoms with Crippen molar-refractivity contribution in [2.45, 2.75) is 30.7 Å². The molecule has 1 aliphatic heterocycles. The maximum Gasteiger partial charge on any atom is 0.175 e. The SMILES string of the molecule is Cc1nnn(C)c1-c1cnc2c3c(F)cc(S(C)(=O)=O)cc3n([C@H](c3ccccc3)C3CCOCC3)c2c1. The van der Waals surface area contributed by atoms with Crippen molar-refractivity contribution in [3.8, 4) is 11.3 Å². The monoisotopic (exact) mass is 533 g/mol. The van der Waals surface area contributed by atoms with Crippen molar-refractivity contribution in [2.75, 3.05) is 19.5 Å². The molecule has 1 fully saturated rings. The zero-order valence-corrected chi connectivity index (χ0v) is 22.2. The number of rotatable bonds is 5. The van der Waals surface area contributed by atoms with Crippen LogP contribution in [0.4, 0.5) is 4.39 Å². The van der Waals surface area contributed by atoms with Crippen molar-refractivity contribution < 1.29 is 17.5 Å². The molecular formula is C28H28FN5O3S. The van der Waals surface area contributed by atoms with E-state index in [2.05, 4.69) is 27.0 Å². The highest BCUT2D eigenvalue weighted by Gasteiger charge is 2.31. The molecule has 4 heterocycles. The molecule has 6 rings (SSSR count). The second-order valence-corrected chi connectivity index (χ2v) is 12.0. The predicted molar refractivity (Wildman–Crippen MR) is 143 cm³/mol. The van der Waals surface area contributed by atoms with E-state index in [9.17, 15) is 8.42 Å². The zero-order chi connectivity index (χ0) is 26.6. The molecule has 0 unspecified atom stereocenters. The van der Waals surface area contributed by atoms with Crippen molar-refractivity contribution >= 4 is 31.8 Å². The van der Waals surface area contributed by atoms with Gasteiger partial charge in [-0.2, -0.15) is 0 Å². The van der Waals surface area contributed by atoms with Crippen molar-refractivity contribution in [3.63, 3.8) is 0 Å². The summed E-state index contributed by atoms with van der Waals surface area (Å²) in [4.78, 5) is 4.68. The average molecular weight is 534 g/mol.